The Morgan fingerprint density at radius 2 is 1.82 bits per heavy atom. The number of nitrogens with zero attached hydrogens (tertiary/aromatic N) is 2. The summed E-state index contributed by atoms with van der Waals surface area (Å²) in [5, 5.41) is 0. The smallest absolute Gasteiger partial charge is 0.338 e. The molecule has 0 spiro atoms. The van der Waals surface area contributed by atoms with Gasteiger partial charge in [-0.2, -0.15) is 0 Å². The summed E-state index contributed by atoms with van der Waals surface area (Å²) in [4.78, 5) is 32.0. The number of fused-ring (bicyclic) bond motifs is 1. The summed E-state index contributed by atoms with van der Waals surface area (Å²) >= 11 is 8.36. The van der Waals surface area contributed by atoms with Gasteiger partial charge in [0.05, 0.1) is 44.0 Å². The highest BCUT2D eigenvalue weighted by molar-refractivity contribution is 9.11. The summed E-state index contributed by atoms with van der Waals surface area (Å²) in [6, 6.07) is 10.5. The molecule has 0 N–H and O–H groups in total. The predicted octanol–water partition coefficient (Wildman–Crippen LogP) is 5.29. The van der Waals surface area contributed by atoms with Crippen molar-refractivity contribution in [3.63, 3.8) is 0 Å². The molecule has 0 aliphatic carbocycles. The van der Waals surface area contributed by atoms with E-state index in [1.54, 1.807) is 30.6 Å². The number of thiazole rings is 1. The Hall–Kier alpha value is -2.95. The Kier molecular flexibility index (Phi) is 9.07. The van der Waals surface area contributed by atoms with E-state index in [-0.39, 0.29) is 12.2 Å². The van der Waals surface area contributed by atoms with E-state index in [1.165, 1.54) is 11.3 Å². The van der Waals surface area contributed by atoms with Crippen LogP contribution in [0.3, 0.4) is 0 Å². The number of hydrogen-bond donors (Lipinski definition) is 0. The van der Waals surface area contributed by atoms with Crippen molar-refractivity contribution >= 4 is 55.2 Å². The Labute approximate surface area is 241 Å². The maximum atomic E-state index is 13.8. The molecule has 198 valence electrons. The van der Waals surface area contributed by atoms with E-state index >= 15 is 0 Å². The Balaban J connectivity index is 1.87. The van der Waals surface area contributed by atoms with Crippen molar-refractivity contribution in [2.75, 3.05) is 19.8 Å². The minimum absolute atomic E-state index is 0.215. The zero-order chi connectivity index (χ0) is 27.4. The van der Waals surface area contributed by atoms with Crippen molar-refractivity contribution in [1.29, 1.82) is 0 Å². The molecule has 0 saturated heterocycles. The zero-order valence-electron chi connectivity index (χ0n) is 21.1. The van der Waals surface area contributed by atoms with Crippen molar-refractivity contribution in [2.24, 2.45) is 4.99 Å². The fourth-order valence-electron chi connectivity index (χ4n) is 4.11. The molecule has 2 heterocycles. The molecule has 10 heteroatoms. The Morgan fingerprint density at radius 3 is 2.42 bits per heavy atom. The molecule has 3 aromatic rings. The van der Waals surface area contributed by atoms with E-state index in [4.69, 9.17) is 14.2 Å². The number of allylic oxidation sites excluding steroid dienone is 1. The fraction of sp³-hybridized carbons (Fsp3) is 0.250. The van der Waals surface area contributed by atoms with Crippen molar-refractivity contribution in [3.8, 4) is 11.5 Å². The normalized spacial score (nSPS) is 15.1. The van der Waals surface area contributed by atoms with Gasteiger partial charge in [-0.05, 0) is 94.1 Å². The molecule has 0 bridgehead atoms. The molecular weight excluding hydrogens is 636 g/mol. The SMILES string of the molecule is C=CCOc1c(Br)cc(/C=c2\sc3n(c2=O)C(c2ccc(OCC)cc2)C(C(=O)OCC)=C(C)N=3)cc1Br. The topological polar surface area (TPSA) is 79.1 Å². The average molecular weight is 662 g/mol. The van der Waals surface area contributed by atoms with Crippen LogP contribution in [0, 0.1) is 0 Å². The van der Waals surface area contributed by atoms with Crippen LogP contribution in [0.2, 0.25) is 0 Å². The number of ether oxygens (including phenoxy) is 3. The molecule has 0 fully saturated rings. The lowest BCUT2D eigenvalue weighted by Crippen LogP contribution is -2.39. The second-order valence-corrected chi connectivity index (χ2v) is 10.9. The van der Waals surface area contributed by atoms with Gasteiger partial charge in [0.2, 0.25) is 0 Å². The molecular formula is C28H26Br2N2O5S. The predicted molar refractivity (Wildman–Crippen MR) is 156 cm³/mol. The van der Waals surface area contributed by atoms with E-state index in [0.717, 1.165) is 20.1 Å². The standard InChI is InChI=1S/C28H26Br2N2O5S/c1-5-12-37-25-20(29)13-17(14-21(25)30)15-22-26(33)32-24(18-8-10-19(11-9-18)35-6-2)23(27(34)36-7-3)16(4)31-28(32)38-22/h5,8-11,13-15,24H,1,6-7,12H2,2-4H3/b22-15-. The van der Waals surface area contributed by atoms with Crippen molar-refractivity contribution in [1.82, 2.24) is 4.57 Å². The van der Waals surface area contributed by atoms with Gasteiger partial charge in [0.15, 0.2) is 4.80 Å². The first kappa shape index (κ1) is 28.1. The first-order valence-electron chi connectivity index (χ1n) is 11.9. The van der Waals surface area contributed by atoms with Gasteiger partial charge in [0.25, 0.3) is 5.56 Å². The molecule has 0 saturated carbocycles. The highest BCUT2D eigenvalue weighted by atomic mass is 79.9. The first-order valence-corrected chi connectivity index (χ1v) is 14.3. The summed E-state index contributed by atoms with van der Waals surface area (Å²) in [5.41, 5.74) is 2.15. The molecule has 1 aromatic heterocycles. The van der Waals surface area contributed by atoms with Gasteiger partial charge in [-0.1, -0.05) is 36.1 Å². The molecule has 7 nitrogen and oxygen atoms in total. The third-order valence-electron chi connectivity index (χ3n) is 5.69. The van der Waals surface area contributed by atoms with Crippen LogP contribution in [0.25, 0.3) is 6.08 Å². The number of aromatic nitrogens is 1. The van der Waals surface area contributed by atoms with Gasteiger partial charge in [0, 0.05) is 0 Å². The van der Waals surface area contributed by atoms with E-state index in [2.05, 4.69) is 43.4 Å². The van der Waals surface area contributed by atoms with E-state index in [1.807, 2.05) is 43.3 Å². The van der Waals surface area contributed by atoms with Gasteiger partial charge in [-0.25, -0.2) is 9.79 Å². The molecule has 4 rings (SSSR count). The lowest BCUT2D eigenvalue weighted by atomic mass is 9.96. The second kappa shape index (κ2) is 12.3. The van der Waals surface area contributed by atoms with Gasteiger partial charge in [0.1, 0.15) is 18.1 Å². The third-order valence-corrected chi connectivity index (χ3v) is 7.85. The number of carbonyl (C=O) groups is 1. The van der Waals surface area contributed by atoms with Crippen LogP contribution in [-0.2, 0) is 9.53 Å². The fourth-order valence-corrected chi connectivity index (χ4v) is 6.61. The number of carbonyl (C=O) groups excluding carboxylic acids is 1. The lowest BCUT2D eigenvalue weighted by molar-refractivity contribution is -0.139. The molecule has 1 aliphatic heterocycles. The first-order chi connectivity index (χ1) is 18.3. The monoisotopic (exact) mass is 660 g/mol. The van der Waals surface area contributed by atoms with Gasteiger partial charge in [-0.15, -0.1) is 0 Å². The highest BCUT2D eigenvalue weighted by Crippen LogP contribution is 2.35. The lowest BCUT2D eigenvalue weighted by Gasteiger charge is -2.24. The van der Waals surface area contributed by atoms with Crippen LogP contribution in [0.4, 0.5) is 0 Å². The number of hydrogen-bond acceptors (Lipinski definition) is 7. The summed E-state index contributed by atoms with van der Waals surface area (Å²) in [6.07, 6.45) is 3.47. The molecule has 0 amide bonds. The third kappa shape index (κ3) is 5.72. The van der Waals surface area contributed by atoms with Crippen molar-refractivity contribution in [3.05, 3.63) is 100 Å². The van der Waals surface area contributed by atoms with Crippen molar-refractivity contribution in [2.45, 2.75) is 26.8 Å². The molecule has 2 aromatic carbocycles. The summed E-state index contributed by atoms with van der Waals surface area (Å²) in [7, 11) is 0. The second-order valence-electron chi connectivity index (χ2n) is 8.22. The van der Waals surface area contributed by atoms with Crippen LogP contribution in [-0.4, -0.2) is 30.4 Å². The summed E-state index contributed by atoms with van der Waals surface area (Å²) in [6.45, 7) is 10.2. The minimum Gasteiger partial charge on any atom is -0.494 e. The molecule has 0 radical (unpaired) electrons. The molecule has 1 atom stereocenters. The summed E-state index contributed by atoms with van der Waals surface area (Å²) < 4.78 is 20.2. The number of halogens is 2. The van der Waals surface area contributed by atoms with Crippen LogP contribution in [0.5, 0.6) is 11.5 Å². The van der Waals surface area contributed by atoms with E-state index < -0.39 is 12.0 Å². The quantitative estimate of drug-likeness (QED) is 0.230. The van der Waals surface area contributed by atoms with Gasteiger partial charge < -0.3 is 14.2 Å². The zero-order valence-corrected chi connectivity index (χ0v) is 25.1. The van der Waals surface area contributed by atoms with Crippen LogP contribution in [0.1, 0.15) is 37.9 Å². The molecule has 38 heavy (non-hydrogen) atoms. The largest absolute Gasteiger partial charge is 0.494 e. The van der Waals surface area contributed by atoms with Crippen LogP contribution in [0.15, 0.2) is 79.1 Å². The highest BCUT2D eigenvalue weighted by Gasteiger charge is 2.33. The van der Waals surface area contributed by atoms with E-state index in [0.29, 0.717) is 45.3 Å². The van der Waals surface area contributed by atoms with E-state index in [9.17, 15) is 9.59 Å². The number of rotatable bonds is 9. The van der Waals surface area contributed by atoms with Gasteiger partial charge in [-0.3, -0.25) is 9.36 Å². The molecule has 1 aliphatic rings. The summed E-state index contributed by atoms with van der Waals surface area (Å²) in [5.74, 6) is 0.859. The minimum atomic E-state index is -0.684. The average Bonchev–Trinajstić information content (AvgIpc) is 3.17. The Bertz CT molecular complexity index is 1570. The van der Waals surface area contributed by atoms with Crippen LogP contribution < -0.4 is 24.4 Å². The van der Waals surface area contributed by atoms with Gasteiger partial charge >= 0.3 is 5.97 Å². The maximum absolute atomic E-state index is 13.8. The Morgan fingerprint density at radius 1 is 1.13 bits per heavy atom. The van der Waals surface area contributed by atoms with Crippen LogP contribution >= 0.6 is 43.2 Å². The van der Waals surface area contributed by atoms with Crippen molar-refractivity contribution < 1.29 is 19.0 Å². The number of benzene rings is 2. The maximum Gasteiger partial charge on any atom is 0.338 e. The molecule has 1 unspecified atom stereocenters. The number of esters is 1.